The smallest absolute Gasteiger partial charge is 0.223 e. The Morgan fingerprint density at radius 1 is 1.41 bits per heavy atom. The van der Waals surface area contributed by atoms with Crippen LogP contribution in [0.3, 0.4) is 0 Å². The Morgan fingerprint density at radius 3 is 3.09 bits per heavy atom. The predicted molar refractivity (Wildman–Crippen MR) is 84.9 cm³/mol. The number of aromatic nitrogens is 1. The molecule has 4 nitrogen and oxygen atoms in total. The molecule has 1 saturated carbocycles. The first-order chi connectivity index (χ1) is 10.7. The van der Waals surface area contributed by atoms with Gasteiger partial charge in [0.1, 0.15) is 5.82 Å². The number of carbonyl (C=O) groups is 1. The molecule has 0 bridgehead atoms. The standard InChI is InChI=1S/C17H22FN3O/c18-13-4-5-14-12(10-21-16(14)8-13)6-7-20-17(22)15-3-1-2-11(15)9-19/h4-5,8,10-11,15,21H,1-3,6-7,9,19H2,(H,20,22)/t11-,15-/m1/s1. The van der Waals surface area contributed by atoms with Crippen molar-refractivity contribution in [1.82, 2.24) is 10.3 Å². The largest absolute Gasteiger partial charge is 0.361 e. The van der Waals surface area contributed by atoms with E-state index in [1.807, 2.05) is 6.20 Å². The molecule has 4 N–H and O–H groups in total. The summed E-state index contributed by atoms with van der Waals surface area (Å²) in [5.41, 5.74) is 7.61. The molecule has 0 saturated heterocycles. The molecule has 1 aromatic carbocycles. The second-order valence-corrected chi connectivity index (χ2v) is 6.08. The van der Waals surface area contributed by atoms with Crippen LogP contribution < -0.4 is 11.1 Å². The Bertz CT molecular complexity index is 667. The summed E-state index contributed by atoms with van der Waals surface area (Å²) in [6, 6.07) is 4.73. The van der Waals surface area contributed by atoms with E-state index in [1.165, 1.54) is 12.1 Å². The summed E-state index contributed by atoms with van der Waals surface area (Å²) < 4.78 is 13.2. The highest BCUT2D eigenvalue weighted by molar-refractivity contribution is 5.83. The first-order valence-electron chi connectivity index (χ1n) is 7.92. The average Bonchev–Trinajstić information content (AvgIpc) is 3.13. The topological polar surface area (TPSA) is 70.9 Å². The molecule has 0 aliphatic heterocycles. The number of fused-ring (bicyclic) bond motifs is 1. The molecule has 118 valence electrons. The van der Waals surface area contributed by atoms with Crippen LogP contribution in [0.25, 0.3) is 10.9 Å². The van der Waals surface area contributed by atoms with E-state index in [4.69, 9.17) is 5.73 Å². The lowest BCUT2D eigenvalue weighted by Crippen LogP contribution is -2.36. The first kappa shape index (κ1) is 15.0. The van der Waals surface area contributed by atoms with E-state index in [0.29, 0.717) is 19.0 Å². The van der Waals surface area contributed by atoms with Gasteiger partial charge >= 0.3 is 0 Å². The Kier molecular flexibility index (Phi) is 4.43. The van der Waals surface area contributed by atoms with Gasteiger partial charge in [0.15, 0.2) is 0 Å². The van der Waals surface area contributed by atoms with Crippen LogP contribution in [-0.2, 0) is 11.2 Å². The van der Waals surface area contributed by atoms with Crippen molar-refractivity contribution in [2.24, 2.45) is 17.6 Å². The Morgan fingerprint density at radius 2 is 2.27 bits per heavy atom. The van der Waals surface area contributed by atoms with E-state index in [-0.39, 0.29) is 17.6 Å². The minimum atomic E-state index is -0.247. The zero-order valence-electron chi connectivity index (χ0n) is 12.6. The van der Waals surface area contributed by atoms with E-state index >= 15 is 0 Å². The lowest BCUT2D eigenvalue weighted by atomic mass is 9.95. The highest BCUT2D eigenvalue weighted by atomic mass is 19.1. The number of hydrogen-bond acceptors (Lipinski definition) is 2. The molecule has 2 atom stereocenters. The fourth-order valence-corrected chi connectivity index (χ4v) is 3.48. The van der Waals surface area contributed by atoms with E-state index in [1.54, 1.807) is 6.07 Å². The maximum absolute atomic E-state index is 13.2. The molecule has 1 aliphatic rings. The quantitative estimate of drug-likeness (QED) is 0.793. The van der Waals surface area contributed by atoms with Gasteiger partial charge in [-0.1, -0.05) is 6.42 Å². The van der Waals surface area contributed by atoms with Crippen LogP contribution in [0.15, 0.2) is 24.4 Å². The Balaban J connectivity index is 1.57. The average molecular weight is 303 g/mol. The lowest BCUT2D eigenvalue weighted by molar-refractivity contribution is -0.125. The van der Waals surface area contributed by atoms with Crippen LogP contribution in [0.1, 0.15) is 24.8 Å². The van der Waals surface area contributed by atoms with Gasteiger partial charge in [0, 0.05) is 29.6 Å². The first-order valence-corrected chi connectivity index (χ1v) is 7.92. The van der Waals surface area contributed by atoms with Crippen LogP contribution >= 0.6 is 0 Å². The summed E-state index contributed by atoms with van der Waals surface area (Å²) in [4.78, 5) is 15.3. The number of rotatable bonds is 5. The fourth-order valence-electron chi connectivity index (χ4n) is 3.48. The van der Waals surface area contributed by atoms with Crippen molar-refractivity contribution >= 4 is 16.8 Å². The van der Waals surface area contributed by atoms with Gasteiger partial charge in [0.05, 0.1) is 0 Å². The zero-order chi connectivity index (χ0) is 15.5. The van der Waals surface area contributed by atoms with E-state index in [9.17, 15) is 9.18 Å². The SMILES string of the molecule is NC[C@H]1CCC[C@H]1C(=O)NCCc1c[nH]c2cc(F)ccc12. The zero-order valence-corrected chi connectivity index (χ0v) is 12.6. The third-order valence-electron chi connectivity index (χ3n) is 4.72. The van der Waals surface area contributed by atoms with Crippen LogP contribution in [0.4, 0.5) is 4.39 Å². The third-order valence-corrected chi connectivity index (χ3v) is 4.72. The minimum Gasteiger partial charge on any atom is -0.361 e. The van der Waals surface area contributed by atoms with Gasteiger partial charge in [-0.15, -0.1) is 0 Å². The molecular weight excluding hydrogens is 281 g/mol. The molecule has 0 unspecified atom stereocenters. The maximum Gasteiger partial charge on any atom is 0.223 e. The summed E-state index contributed by atoms with van der Waals surface area (Å²) in [6.07, 6.45) is 5.71. The molecule has 1 aliphatic carbocycles. The van der Waals surface area contributed by atoms with E-state index < -0.39 is 0 Å². The van der Waals surface area contributed by atoms with Gasteiger partial charge in [-0.25, -0.2) is 4.39 Å². The van der Waals surface area contributed by atoms with Crippen molar-refractivity contribution < 1.29 is 9.18 Å². The molecule has 3 rings (SSSR count). The molecule has 1 aromatic heterocycles. The minimum absolute atomic E-state index is 0.0714. The lowest BCUT2D eigenvalue weighted by Gasteiger charge is -2.17. The van der Waals surface area contributed by atoms with Crippen molar-refractivity contribution in [1.29, 1.82) is 0 Å². The van der Waals surface area contributed by atoms with Crippen LogP contribution in [0.2, 0.25) is 0 Å². The number of nitrogens with two attached hydrogens (primary N) is 1. The second kappa shape index (κ2) is 6.48. The van der Waals surface area contributed by atoms with Gasteiger partial charge < -0.3 is 16.0 Å². The number of amides is 1. The predicted octanol–water partition coefficient (Wildman–Crippen LogP) is 2.34. The summed E-state index contributed by atoms with van der Waals surface area (Å²) >= 11 is 0. The summed E-state index contributed by atoms with van der Waals surface area (Å²) in [6.45, 7) is 1.18. The maximum atomic E-state index is 13.2. The molecule has 1 heterocycles. The van der Waals surface area contributed by atoms with Crippen molar-refractivity contribution in [2.45, 2.75) is 25.7 Å². The molecule has 5 heteroatoms. The van der Waals surface area contributed by atoms with E-state index in [0.717, 1.165) is 42.1 Å². The molecule has 0 spiro atoms. The van der Waals surface area contributed by atoms with Gasteiger partial charge in [-0.05, 0) is 55.5 Å². The molecule has 1 amide bonds. The van der Waals surface area contributed by atoms with Crippen LogP contribution in [0, 0.1) is 17.7 Å². The summed E-state index contributed by atoms with van der Waals surface area (Å²) in [5.74, 6) is 0.278. The molecule has 22 heavy (non-hydrogen) atoms. The van der Waals surface area contributed by atoms with Crippen LogP contribution in [0.5, 0.6) is 0 Å². The summed E-state index contributed by atoms with van der Waals surface area (Å²) in [5, 5.41) is 4.03. The number of benzene rings is 1. The molecular formula is C17H22FN3O. The monoisotopic (exact) mass is 303 g/mol. The number of aromatic amines is 1. The molecule has 2 aromatic rings. The van der Waals surface area contributed by atoms with Crippen molar-refractivity contribution in [3.63, 3.8) is 0 Å². The van der Waals surface area contributed by atoms with Gasteiger partial charge in [0.25, 0.3) is 0 Å². The summed E-state index contributed by atoms with van der Waals surface area (Å²) in [7, 11) is 0. The number of carbonyl (C=O) groups excluding carboxylic acids is 1. The third kappa shape index (κ3) is 2.99. The second-order valence-electron chi connectivity index (χ2n) is 6.08. The van der Waals surface area contributed by atoms with Gasteiger partial charge in [0.2, 0.25) is 5.91 Å². The van der Waals surface area contributed by atoms with Crippen molar-refractivity contribution in [3.8, 4) is 0 Å². The number of H-pyrrole nitrogens is 1. The normalized spacial score (nSPS) is 21.4. The molecule has 1 fully saturated rings. The highest BCUT2D eigenvalue weighted by Gasteiger charge is 2.31. The Labute approximate surface area is 129 Å². The van der Waals surface area contributed by atoms with Crippen molar-refractivity contribution in [3.05, 3.63) is 35.8 Å². The number of halogens is 1. The highest BCUT2D eigenvalue weighted by Crippen LogP contribution is 2.30. The Hall–Kier alpha value is -1.88. The van der Waals surface area contributed by atoms with Gasteiger partial charge in [-0.3, -0.25) is 4.79 Å². The van der Waals surface area contributed by atoms with E-state index in [2.05, 4.69) is 10.3 Å². The van der Waals surface area contributed by atoms with Crippen LogP contribution in [-0.4, -0.2) is 24.0 Å². The number of nitrogens with one attached hydrogen (secondary N) is 2. The van der Waals surface area contributed by atoms with Gasteiger partial charge in [-0.2, -0.15) is 0 Å². The number of hydrogen-bond donors (Lipinski definition) is 3. The fraction of sp³-hybridized carbons (Fsp3) is 0.471. The molecule has 0 radical (unpaired) electrons. The van der Waals surface area contributed by atoms with Crippen molar-refractivity contribution in [2.75, 3.05) is 13.1 Å².